The zero-order valence-corrected chi connectivity index (χ0v) is 9.22. The summed E-state index contributed by atoms with van der Waals surface area (Å²) in [5.74, 6) is 3.25. The van der Waals surface area contributed by atoms with Gasteiger partial charge in [-0.05, 0) is 42.9 Å². The smallest absolute Gasteiger partial charge is 0.0214 e. The third-order valence-corrected chi connectivity index (χ3v) is 4.79. The van der Waals surface area contributed by atoms with E-state index in [1.807, 2.05) is 0 Å². The number of hydrogen-bond acceptors (Lipinski definition) is 1. The first-order valence-corrected chi connectivity index (χ1v) is 5.83. The fourth-order valence-corrected chi connectivity index (χ4v) is 3.59. The van der Waals surface area contributed by atoms with E-state index in [1.54, 1.807) is 0 Å². The normalized spacial score (nSPS) is 45.9. The predicted octanol–water partition coefficient (Wildman–Crippen LogP) is 2.80. The summed E-state index contributed by atoms with van der Waals surface area (Å²) in [5.41, 5.74) is 6.78. The molecule has 4 atom stereocenters. The van der Waals surface area contributed by atoms with Crippen molar-refractivity contribution in [2.24, 2.45) is 29.4 Å². The molecule has 0 aromatic carbocycles. The zero-order valence-electron chi connectivity index (χ0n) is 9.22. The van der Waals surface area contributed by atoms with Gasteiger partial charge in [0.15, 0.2) is 0 Å². The third-order valence-electron chi connectivity index (χ3n) is 4.79. The number of fused-ring (bicyclic) bond motifs is 2. The molecule has 2 saturated carbocycles. The van der Waals surface area contributed by atoms with Crippen molar-refractivity contribution in [1.82, 2.24) is 0 Å². The maximum atomic E-state index is 6.59. The van der Waals surface area contributed by atoms with Gasteiger partial charge in [0.05, 0.1) is 0 Å². The summed E-state index contributed by atoms with van der Waals surface area (Å²) in [7, 11) is 0. The van der Waals surface area contributed by atoms with Crippen molar-refractivity contribution < 1.29 is 0 Å². The molecule has 1 nitrogen and oxygen atoms in total. The van der Waals surface area contributed by atoms with Crippen LogP contribution in [0.4, 0.5) is 0 Å². The standard InChI is InChI=1S/C12H23N/c1-8(2)9(3)12(13)7-10-4-5-11(12)6-10/h8-11H,4-7,13H2,1-3H3. The molecule has 0 aromatic heterocycles. The van der Waals surface area contributed by atoms with Crippen molar-refractivity contribution in [3.63, 3.8) is 0 Å². The summed E-state index contributed by atoms with van der Waals surface area (Å²) in [4.78, 5) is 0. The van der Waals surface area contributed by atoms with Crippen LogP contribution in [0, 0.1) is 23.7 Å². The lowest BCUT2D eigenvalue weighted by atomic mass is 9.69. The van der Waals surface area contributed by atoms with Gasteiger partial charge in [0.25, 0.3) is 0 Å². The van der Waals surface area contributed by atoms with Gasteiger partial charge in [0.2, 0.25) is 0 Å². The minimum Gasteiger partial charge on any atom is -0.325 e. The van der Waals surface area contributed by atoms with Crippen LogP contribution in [-0.2, 0) is 0 Å². The Morgan fingerprint density at radius 2 is 1.92 bits per heavy atom. The van der Waals surface area contributed by atoms with Gasteiger partial charge in [0, 0.05) is 5.54 Å². The monoisotopic (exact) mass is 181 g/mol. The van der Waals surface area contributed by atoms with Crippen LogP contribution >= 0.6 is 0 Å². The molecule has 2 bridgehead atoms. The average molecular weight is 181 g/mol. The highest BCUT2D eigenvalue weighted by molar-refractivity contribution is 5.07. The van der Waals surface area contributed by atoms with Crippen LogP contribution in [0.3, 0.4) is 0 Å². The Morgan fingerprint density at radius 3 is 2.31 bits per heavy atom. The molecule has 1 heteroatoms. The van der Waals surface area contributed by atoms with Gasteiger partial charge in [-0.15, -0.1) is 0 Å². The number of rotatable bonds is 2. The molecule has 0 aromatic rings. The van der Waals surface area contributed by atoms with E-state index < -0.39 is 0 Å². The number of hydrogen-bond donors (Lipinski definition) is 1. The van der Waals surface area contributed by atoms with Crippen molar-refractivity contribution in [2.75, 3.05) is 0 Å². The Labute approximate surface area is 82.1 Å². The minimum absolute atomic E-state index is 0.192. The highest BCUT2D eigenvalue weighted by atomic mass is 14.8. The van der Waals surface area contributed by atoms with Crippen LogP contribution in [0.2, 0.25) is 0 Å². The molecule has 0 radical (unpaired) electrons. The van der Waals surface area contributed by atoms with E-state index in [4.69, 9.17) is 5.73 Å². The van der Waals surface area contributed by atoms with E-state index in [1.165, 1.54) is 25.7 Å². The lowest BCUT2D eigenvalue weighted by Gasteiger charge is -2.41. The fraction of sp³-hybridized carbons (Fsp3) is 1.00. The number of nitrogens with two attached hydrogens (primary N) is 1. The molecule has 0 spiro atoms. The van der Waals surface area contributed by atoms with Crippen molar-refractivity contribution in [3.8, 4) is 0 Å². The first-order valence-electron chi connectivity index (χ1n) is 5.83. The van der Waals surface area contributed by atoms with Gasteiger partial charge in [-0.1, -0.05) is 27.2 Å². The van der Waals surface area contributed by atoms with Crippen molar-refractivity contribution in [3.05, 3.63) is 0 Å². The van der Waals surface area contributed by atoms with E-state index in [0.29, 0.717) is 5.92 Å². The van der Waals surface area contributed by atoms with Crippen LogP contribution < -0.4 is 5.73 Å². The Kier molecular flexibility index (Phi) is 2.18. The molecule has 0 amide bonds. The molecule has 2 rings (SSSR count). The first-order chi connectivity index (χ1) is 6.04. The lowest BCUT2D eigenvalue weighted by Crippen LogP contribution is -2.52. The van der Waals surface area contributed by atoms with Gasteiger partial charge >= 0.3 is 0 Å². The second-order valence-corrected chi connectivity index (χ2v) is 5.73. The largest absolute Gasteiger partial charge is 0.325 e. The van der Waals surface area contributed by atoms with Gasteiger partial charge in [0.1, 0.15) is 0 Å². The van der Waals surface area contributed by atoms with Crippen molar-refractivity contribution in [2.45, 2.75) is 52.0 Å². The summed E-state index contributed by atoms with van der Waals surface area (Å²) in [5, 5.41) is 0. The molecule has 2 fully saturated rings. The molecule has 0 heterocycles. The van der Waals surface area contributed by atoms with Crippen LogP contribution in [0.1, 0.15) is 46.5 Å². The Bertz CT molecular complexity index is 199. The molecular weight excluding hydrogens is 158 g/mol. The predicted molar refractivity (Wildman–Crippen MR) is 56.4 cm³/mol. The summed E-state index contributed by atoms with van der Waals surface area (Å²) in [6.45, 7) is 6.97. The topological polar surface area (TPSA) is 26.0 Å². The molecule has 4 unspecified atom stereocenters. The maximum Gasteiger partial charge on any atom is 0.0214 e. The van der Waals surface area contributed by atoms with Gasteiger partial charge in [-0.2, -0.15) is 0 Å². The van der Waals surface area contributed by atoms with E-state index in [-0.39, 0.29) is 5.54 Å². The summed E-state index contributed by atoms with van der Waals surface area (Å²) < 4.78 is 0. The molecule has 13 heavy (non-hydrogen) atoms. The SMILES string of the molecule is CC(C)C(C)C1(N)CC2CCC1C2. The third kappa shape index (κ3) is 1.32. The molecule has 0 aliphatic heterocycles. The Hall–Kier alpha value is -0.0400. The molecule has 2 aliphatic carbocycles. The van der Waals surface area contributed by atoms with Gasteiger partial charge < -0.3 is 5.73 Å². The molecule has 76 valence electrons. The van der Waals surface area contributed by atoms with Gasteiger partial charge in [-0.25, -0.2) is 0 Å². The van der Waals surface area contributed by atoms with Crippen molar-refractivity contribution >= 4 is 0 Å². The first kappa shape index (κ1) is 9.51. The maximum absolute atomic E-state index is 6.59. The second kappa shape index (κ2) is 2.98. The molecule has 2 aliphatic rings. The minimum atomic E-state index is 0.192. The quantitative estimate of drug-likeness (QED) is 0.696. The van der Waals surface area contributed by atoms with E-state index in [0.717, 1.165) is 17.8 Å². The summed E-state index contributed by atoms with van der Waals surface area (Å²) in [6, 6.07) is 0. The fourth-order valence-electron chi connectivity index (χ4n) is 3.59. The molecule has 2 N–H and O–H groups in total. The zero-order chi connectivity index (χ0) is 9.64. The van der Waals surface area contributed by atoms with E-state index >= 15 is 0 Å². The highest BCUT2D eigenvalue weighted by Gasteiger charge is 2.51. The van der Waals surface area contributed by atoms with Gasteiger partial charge in [-0.3, -0.25) is 0 Å². The highest BCUT2D eigenvalue weighted by Crippen LogP contribution is 2.53. The Balaban J connectivity index is 2.13. The van der Waals surface area contributed by atoms with Crippen LogP contribution in [-0.4, -0.2) is 5.54 Å². The van der Waals surface area contributed by atoms with Crippen molar-refractivity contribution in [1.29, 1.82) is 0 Å². The van der Waals surface area contributed by atoms with E-state index in [2.05, 4.69) is 20.8 Å². The van der Waals surface area contributed by atoms with Crippen LogP contribution in [0.5, 0.6) is 0 Å². The lowest BCUT2D eigenvalue weighted by molar-refractivity contribution is 0.149. The van der Waals surface area contributed by atoms with E-state index in [9.17, 15) is 0 Å². The average Bonchev–Trinajstić information content (AvgIpc) is 2.62. The van der Waals surface area contributed by atoms with Crippen LogP contribution in [0.15, 0.2) is 0 Å². The summed E-state index contributed by atoms with van der Waals surface area (Å²) in [6.07, 6.45) is 5.58. The summed E-state index contributed by atoms with van der Waals surface area (Å²) >= 11 is 0. The van der Waals surface area contributed by atoms with Crippen LogP contribution in [0.25, 0.3) is 0 Å². The molecule has 0 saturated heterocycles. The molecular formula is C12H23N. The Morgan fingerprint density at radius 1 is 1.23 bits per heavy atom. The second-order valence-electron chi connectivity index (χ2n) is 5.73.